The lowest BCUT2D eigenvalue weighted by Gasteiger charge is -2.09. The van der Waals surface area contributed by atoms with Crippen molar-refractivity contribution in [2.24, 2.45) is 5.73 Å². The third kappa shape index (κ3) is 4.81. The zero-order valence-corrected chi connectivity index (χ0v) is 8.43. The number of hydrogen-bond acceptors (Lipinski definition) is 6. The first kappa shape index (κ1) is 12.3. The maximum Gasteiger partial charge on any atom is 0.338 e. The lowest BCUT2D eigenvalue weighted by atomic mass is 10.4. The quantitative estimate of drug-likeness (QED) is 0.532. The molecule has 0 unspecified atom stereocenters. The van der Waals surface area contributed by atoms with E-state index in [1.54, 1.807) is 0 Å². The van der Waals surface area contributed by atoms with E-state index in [0.29, 0.717) is 0 Å². The van der Waals surface area contributed by atoms with Crippen LogP contribution >= 0.6 is 0 Å². The van der Waals surface area contributed by atoms with Gasteiger partial charge < -0.3 is 15.2 Å². The van der Waals surface area contributed by atoms with Crippen LogP contribution in [0.25, 0.3) is 0 Å². The molecule has 78 valence electrons. The molecule has 0 saturated carbocycles. The van der Waals surface area contributed by atoms with Crippen LogP contribution in [0.1, 0.15) is 6.92 Å². The SMILES string of the molecule is CN[C@@H](C)C(=O)OS(=O)(=O)CCN. The van der Waals surface area contributed by atoms with E-state index in [1.165, 1.54) is 14.0 Å². The molecule has 13 heavy (non-hydrogen) atoms. The Labute approximate surface area is 77.6 Å². The Balaban J connectivity index is 4.20. The Hall–Kier alpha value is -0.660. The molecule has 3 N–H and O–H groups in total. The molecule has 0 aromatic heterocycles. The number of rotatable bonds is 5. The summed E-state index contributed by atoms with van der Waals surface area (Å²) in [5.41, 5.74) is 5.01. The van der Waals surface area contributed by atoms with E-state index in [-0.39, 0.29) is 12.3 Å². The van der Waals surface area contributed by atoms with Gasteiger partial charge in [0.25, 0.3) is 0 Å². The van der Waals surface area contributed by atoms with Crippen molar-refractivity contribution in [2.75, 3.05) is 19.3 Å². The van der Waals surface area contributed by atoms with E-state index in [1.807, 2.05) is 0 Å². The smallest absolute Gasteiger partial charge is 0.338 e. The lowest BCUT2D eigenvalue weighted by Crippen LogP contribution is -2.35. The van der Waals surface area contributed by atoms with Gasteiger partial charge in [-0.05, 0) is 14.0 Å². The molecule has 6 nitrogen and oxygen atoms in total. The summed E-state index contributed by atoms with van der Waals surface area (Å²) < 4.78 is 26.0. The lowest BCUT2D eigenvalue weighted by molar-refractivity contribution is -0.135. The van der Waals surface area contributed by atoms with E-state index >= 15 is 0 Å². The van der Waals surface area contributed by atoms with Crippen molar-refractivity contribution in [3.8, 4) is 0 Å². The van der Waals surface area contributed by atoms with Crippen molar-refractivity contribution in [3.63, 3.8) is 0 Å². The minimum absolute atomic E-state index is 0.0659. The average Bonchev–Trinajstić information content (AvgIpc) is 2.01. The van der Waals surface area contributed by atoms with Crippen LogP contribution in [0.15, 0.2) is 0 Å². The van der Waals surface area contributed by atoms with Crippen LogP contribution in [0, 0.1) is 0 Å². The van der Waals surface area contributed by atoms with Crippen LogP contribution in [0.2, 0.25) is 0 Å². The second kappa shape index (κ2) is 5.15. The Morgan fingerprint density at radius 1 is 1.62 bits per heavy atom. The fourth-order valence-corrected chi connectivity index (χ4v) is 1.27. The molecule has 1 atom stereocenters. The minimum atomic E-state index is -3.80. The summed E-state index contributed by atoms with van der Waals surface area (Å²) in [6, 6.07) is -0.646. The van der Waals surface area contributed by atoms with Crippen LogP contribution in [0.3, 0.4) is 0 Å². The molecule has 0 aliphatic heterocycles. The largest absolute Gasteiger partial charge is 0.344 e. The first-order valence-electron chi connectivity index (χ1n) is 3.76. The standard InChI is InChI=1S/C6H14N2O4S/c1-5(8-2)6(9)12-13(10,11)4-3-7/h5,8H,3-4,7H2,1-2H3/t5-/m0/s1. The maximum absolute atomic E-state index is 11.0. The number of likely N-dealkylation sites (N-methyl/N-ethyl adjacent to an activating group) is 1. The highest BCUT2D eigenvalue weighted by molar-refractivity contribution is 7.87. The van der Waals surface area contributed by atoms with Gasteiger partial charge in [-0.2, -0.15) is 8.42 Å². The van der Waals surface area contributed by atoms with E-state index in [9.17, 15) is 13.2 Å². The molecular formula is C6H14N2O4S. The Bertz CT molecular complexity index is 262. The van der Waals surface area contributed by atoms with Crippen molar-refractivity contribution >= 4 is 16.1 Å². The summed E-state index contributed by atoms with van der Waals surface area (Å²) in [6.45, 7) is 1.43. The van der Waals surface area contributed by atoms with Gasteiger partial charge in [-0.1, -0.05) is 0 Å². The van der Waals surface area contributed by atoms with Gasteiger partial charge in [-0.3, -0.25) is 0 Å². The highest BCUT2D eigenvalue weighted by Crippen LogP contribution is 1.96. The molecule has 0 fully saturated rings. The van der Waals surface area contributed by atoms with Crippen LogP contribution in [0.4, 0.5) is 0 Å². The van der Waals surface area contributed by atoms with Crippen molar-refractivity contribution < 1.29 is 17.4 Å². The minimum Gasteiger partial charge on any atom is -0.344 e. The van der Waals surface area contributed by atoms with Crippen molar-refractivity contribution in [1.82, 2.24) is 5.32 Å². The van der Waals surface area contributed by atoms with E-state index in [4.69, 9.17) is 5.73 Å². The molecule has 0 heterocycles. The highest BCUT2D eigenvalue weighted by atomic mass is 32.2. The number of nitrogens with two attached hydrogens (primary N) is 1. The van der Waals surface area contributed by atoms with Gasteiger partial charge in [0, 0.05) is 6.54 Å². The molecule has 0 radical (unpaired) electrons. The molecule has 0 aromatic carbocycles. The first-order valence-corrected chi connectivity index (χ1v) is 5.34. The monoisotopic (exact) mass is 210 g/mol. The van der Waals surface area contributed by atoms with Gasteiger partial charge in [-0.15, -0.1) is 0 Å². The average molecular weight is 210 g/mol. The van der Waals surface area contributed by atoms with Crippen molar-refractivity contribution in [3.05, 3.63) is 0 Å². The van der Waals surface area contributed by atoms with Crippen molar-refractivity contribution in [2.45, 2.75) is 13.0 Å². The van der Waals surface area contributed by atoms with Gasteiger partial charge >= 0.3 is 16.1 Å². The van der Waals surface area contributed by atoms with Gasteiger partial charge in [0.2, 0.25) is 0 Å². The summed E-state index contributed by atoms with van der Waals surface area (Å²) in [7, 11) is -2.27. The van der Waals surface area contributed by atoms with Crippen molar-refractivity contribution in [1.29, 1.82) is 0 Å². The van der Waals surface area contributed by atoms with E-state index in [0.717, 1.165) is 0 Å². The Morgan fingerprint density at radius 2 is 2.15 bits per heavy atom. The molecule has 7 heteroatoms. The van der Waals surface area contributed by atoms with Crippen LogP contribution in [-0.4, -0.2) is 39.8 Å². The fraction of sp³-hybridized carbons (Fsp3) is 0.833. The molecule has 0 aromatic rings. The zero-order valence-electron chi connectivity index (χ0n) is 7.61. The predicted octanol–water partition coefficient (Wildman–Crippen LogP) is -1.57. The van der Waals surface area contributed by atoms with Crippen LogP contribution in [0.5, 0.6) is 0 Å². The number of carbonyl (C=O) groups is 1. The number of hydrogen-bond donors (Lipinski definition) is 2. The normalized spacial score (nSPS) is 13.8. The molecule has 0 aliphatic carbocycles. The predicted molar refractivity (Wildman–Crippen MR) is 47.5 cm³/mol. The summed E-state index contributed by atoms with van der Waals surface area (Å²) in [5, 5.41) is 2.56. The molecule has 0 saturated heterocycles. The molecular weight excluding hydrogens is 196 g/mol. The van der Waals surface area contributed by atoms with E-state index < -0.39 is 22.1 Å². The first-order chi connectivity index (χ1) is 5.93. The molecule has 0 rings (SSSR count). The van der Waals surface area contributed by atoms with E-state index in [2.05, 4.69) is 9.50 Å². The molecule has 0 spiro atoms. The summed E-state index contributed by atoms with van der Waals surface area (Å²) in [4.78, 5) is 11.0. The molecule has 0 aliphatic rings. The van der Waals surface area contributed by atoms with Gasteiger partial charge in [0.1, 0.15) is 6.04 Å². The third-order valence-corrected chi connectivity index (χ3v) is 2.52. The number of nitrogens with one attached hydrogen (secondary N) is 1. The van der Waals surface area contributed by atoms with Crippen LogP contribution in [-0.2, 0) is 19.1 Å². The second-order valence-corrected chi connectivity index (χ2v) is 4.15. The summed E-state index contributed by atoms with van der Waals surface area (Å²) in [6.07, 6.45) is 0. The highest BCUT2D eigenvalue weighted by Gasteiger charge is 2.20. The number of carbonyl (C=O) groups excluding carboxylic acids is 1. The second-order valence-electron chi connectivity index (χ2n) is 2.46. The van der Waals surface area contributed by atoms with Gasteiger partial charge in [0.05, 0.1) is 5.75 Å². The van der Waals surface area contributed by atoms with Gasteiger partial charge in [-0.25, -0.2) is 4.79 Å². The molecule has 0 amide bonds. The van der Waals surface area contributed by atoms with Gasteiger partial charge in [0.15, 0.2) is 0 Å². The molecule has 0 bridgehead atoms. The third-order valence-electron chi connectivity index (χ3n) is 1.36. The topological polar surface area (TPSA) is 98.5 Å². The fourth-order valence-electron chi connectivity index (χ4n) is 0.501. The Kier molecular flexibility index (Phi) is 4.89. The summed E-state index contributed by atoms with van der Waals surface area (Å²) >= 11 is 0. The zero-order chi connectivity index (χ0) is 10.5. The summed E-state index contributed by atoms with van der Waals surface area (Å²) in [5.74, 6) is -1.18. The van der Waals surface area contributed by atoms with Crippen LogP contribution < -0.4 is 11.1 Å². The Morgan fingerprint density at radius 3 is 2.54 bits per heavy atom. The maximum atomic E-state index is 11.0.